The van der Waals surface area contributed by atoms with Gasteiger partial charge < -0.3 is 9.84 Å². The van der Waals surface area contributed by atoms with Crippen molar-refractivity contribution in [3.63, 3.8) is 0 Å². The standard InChI is InChI=1S/C14H14N2O4S/c1-16(9-4-3-5-10(8-9)20-2)14(19)15-12-11(13(17)18)6-7-21-12/h3-8H,1-2H3,(H,15,19)(H,17,18). The molecule has 1 aromatic heterocycles. The molecule has 0 aliphatic rings. The van der Waals surface area contributed by atoms with Gasteiger partial charge in [-0.05, 0) is 23.6 Å². The number of benzene rings is 1. The number of hydrogen-bond acceptors (Lipinski definition) is 4. The van der Waals surface area contributed by atoms with Crippen molar-refractivity contribution in [2.45, 2.75) is 0 Å². The van der Waals surface area contributed by atoms with E-state index in [-0.39, 0.29) is 5.56 Å². The Morgan fingerprint density at radius 3 is 2.76 bits per heavy atom. The van der Waals surface area contributed by atoms with E-state index < -0.39 is 12.0 Å². The van der Waals surface area contributed by atoms with Crippen LogP contribution in [0, 0.1) is 0 Å². The number of urea groups is 1. The van der Waals surface area contributed by atoms with Crippen LogP contribution in [0.1, 0.15) is 10.4 Å². The average Bonchev–Trinajstić information content (AvgIpc) is 2.94. The Balaban J connectivity index is 2.15. The highest BCUT2D eigenvalue weighted by Crippen LogP contribution is 2.25. The molecule has 2 aromatic rings. The Morgan fingerprint density at radius 2 is 2.10 bits per heavy atom. The second kappa shape index (κ2) is 6.27. The topological polar surface area (TPSA) is 78.9 Å². The van der Waals surface area contributed by atoms with Crippen molar-refractivity contribution in [3.05, 3.63) is 41.3 Å². The quantitative estimate of drug-likeness (QED) is 0.909. The van der Waals surface area contributed by atoms with Gasteiger partial charge >= 0.3 is 12.0 Å². The zero-order valence-electron chi connectivity index (χ0n) is 11.5. The van der Waals surface area contributed by atoms with Gasteiger partial charge in [-0.15, -0.1) is 11.3 Å². The van der Waals surface area contributed by atoms with Crippen LogP contribution >= 0.6 is 11.3 Å². The van der Waals surface area contributed by atoms with E-state index in [0.29, 0.717) is 16.4 Å². The summed E-state index contributed by atoms with van der Waals surface area (Å²) in [5, 5.41) is 13.5. The zero-order valence-corrected chi connectivity index (χ0v) is 12.3. The first-order valence-corrected chi connectivity index (χ1v) is 6.90. The van der Waals surface area contributed by atoms with Crippen LogP contribution in [0.3, 0.4) is 0 Å². The van der Waals surface area contributed by atoms with E-state index in [0.717, 1.165) is 11.3 Å². The van der Waals surface area contributed by atoms with Crippen molar-refractivity contribution in [2.75, 3.05) is 24.4 Å². The van der Waals surface area contributed by atoms with Crippen molar-refractivity contribution in [1.29, 1.82) is 0 Å². The number of methoxy groups -OCH3 is 1. The van der Waals surface area contributed by atoms with Crippen LogP contribution in [-0.4, -0.2) is 31.3 Å². The number of carbonyl (C=O) groups excluding carboxylic acids is 1. The van der Waals surface area contributed by atoms with Gasteiger partial charge in [0.25, 0.3) is 0 Å². The van der Waals surface area contributed by atoms with Crippen molar-refractivity contribution < 1.29 is 19.4 Å². The van der Waals surface area contributed by atoms with Crippen LogP contribution in [0.4, 0.5) is 15.5 Å². The maximum Gasteiger partial charge on any atom is 0.338 e. The van der Waals surface area contributed by atoms with Gasteiger partial charge in [0.1, 0.15) is 10.8 Å². The first-order valence-electron chi connectivity index (χ1n) is 6.02. The average molecular weight is 306 g/mol. The highest BCUT2D eigenvalue weighted by Gasteiger charge is 2.17. The molecule has 2 amide bonds. The molecule has 0 bridgehead atoms. The van der Waals surface area contributed by atoms with Crippen LogP contribution < -0.4 is 15.0 Å². The molecular weight excluding hydrogens is 292 g/mol. The summed E-state index contributed by atoms with van der Waals surface area (Å²) in [7, 11) is 3.14. The SMILES string of the molecule is COc1cccc(N(C)C(=O)Nc2sccc2C(=O)O)c1. The van der Waals surface area contributed by atoms with Gasteiger partial charge in [-0.25, -0.2) is 9.59 Å². The van der Waals surface area contributed by atoms with E-state index in [1.54, 1.807) is 43.8 Å². The second-order valence-corrected chi connectivity index (χ2v) is 5.08. The smallest absolute Gasteiger partial charge is 0.338 e. The van der Waals surface area contributed by atoms with Gasteiger partial charge in [0.15, 0.2) is 0 Å². The molecule has 21 heavy (non-hydrogen) atoms. The molecule has 7 heteroatoms. The fraction of sp³-hybridized carbons (Fsp3) is 0.143. The zero-order chi connectivity index (χ0) is 15.4. The third-order valence-corrected chi connectivity index (χ3v) is 3.69. The van der Waals surface area contributed by atoms with Gasteiger partial charge in [-0.1, -0.05) is 6.07 Å². The van der Waals surface area contributed by atoms with E-state index in [1.165, 1.54) is 11.0 Å². The summed E-state index contributed by atoms with van der Waals surface area (Å²) in [6.07, 6.45) is 0. The molecule has 0 spiro atoms. The summed E-state index contributed by atoms with van der Waals surface area (Å²) in [4.78, 5) is 24.6. The molecule has 0 aliphatic heterocycles. The number of aromatic carboxylic acids is 1. The maximum atomic E-state index is 12.2. The van der Waals surface area contributed by atoms with Gasteiger partial charge in [-0.2, -0.15) is 0 Å². The molecule has 6 nitrogen and oxygen atoms in total. The number of ether oxygens (including phenoxy) is 1. The monoisotopic (exact) mass is 306 g/mol. The molecule has 0 saturated carbocycles. The summed E-state index contributed by atoms with van der Waals surface area (Å²) in [5.74, 6) is -0.440. The minimum Gasteiger partial charge on any atom is -0.497 e. The highest BCUT2D eigenvalue weighted by molar-refractivity contribution is 7.14. The minimum atomic E-state index is -1.07. The molecule has 2 rings (SSSR count). The molecule has 0 aliphatic carbocycles. The van der Waals surface area contributed by atoms with Gasteiger partial charge in [-0.3, -0.25) is 10.2 Å². The number of anilines is 2. The Morgan fingerprint density at radius 1 is 1.33 bits per heavy atom. The van der Waals surface area contributed by atoms with E-state index in [4.69, 9.17) is 9.84 Å². The second-order valence-electron chi connectivity index (χ2n) is 4.16. The molecule has 1 heterocycles. The van der Waals surface area contributed by atoms with Crippen LogP contribution in [0.2, 0.25) is 0 Å². The molecule has 1 aromatic carbocycles. The molecule has 0 fully saturated rings. The van der Waals surface area contributed by atoms with Crippen LogP contribution in [0.15, 0.2) is 35.7 Å². The lowest BCUT2D eigenvalue weighted by atomic mass is 10.3. The van der Waals surface area contributed by atoms with Crippen molar-refractivity contribution in [3.8, 4) is 5.75 Å². The molecule has 110 valence electrons. The fourth-order valence-electron chi connectivity index (χ4n) is 1.69. The number of carboxylic acid groups (broad SMARTS) is 1. The summed E-state index contributed by atoms with van der Waals surface area (Å²) in [5.41, 5.74) is 0.715. The van der Waals surface area contributed by atoms with E-state index >= 15 is 0 Å². The lowest BCUT2D eigenvalue weighted by molar-refractivity contribution is 0.0698. The van der Waals surface area contributed by atoms with Gasteiger partial charge in [0.2, 0.25) is 0 Å². The number of carbonyl (C=O) groups is 2. The predicted octanol–water partition coefficient (Wildman–Crippen LogP) is 3.12. The fourth-order valence-corrected chi connectivity index (χ4v) is 2.46. The predicted molar refractivity (Wildman–Crippen MR) is 81.7 cm³/mol. The summed E-state index contributed by atoms with van der Waals surface area (Å²) < 4.78 is 5.11. The van der Waals surface area contributed by atoms with Crippen LogP contribution in [0.25, 0.3) is 0 Å². The first kappa shape index (κ1) is 14.9. The Labute approximate surface area is 125 Å². The number of carboxylic acids is 1. The lowest BCUT2D eigenvalue weighted by Gasteiger charge is -2.18. The number of thiophene rings is 1. The normalized spacial score (nSPS) is 10.0. The first-order chi connectivity index (χ1) is 10.0. The molecular formula is C14H14N2O4S. The Hall–Kier alpha value is -2.54. The lowest BCUT2D eigenvalue weighted by Crippen LogP contribution is -2.31. The molecule has 0 atom stereocenters. The van der Waals surface area contributed by atoms with Crippen LogP contribution in [-0.2, 0) is 0 Å². The summed E-state index contributed by atoms with van der Waals surface area (Å²) >= 11 is 1.16. The Bertz CT molecular complexity index is 668. The molecule has 0 unspecified atom stereocenters. The number of amides is 2. The number of nitrogens with one attached hydrogen (secondary N) is 1. The summed E-state index contributed by atoms with van der Waals surface area (Å²) in [6, 6.07) is 8.05. The van der Waals surface area contributed by atoms with Crippen molar-refractivity contribution >= 4 is 34.0 Å². The van der Waals surface area contributed by atoms with Gasteiger partial charge in [0, 0.05) is 18.8 Å². The third kappa shape index (κ3) is 3.32. The van der Waals surface area contributed by atoms with E-state index in [9.17, 15) is 9.59 Å². The summed E-state index contributed by atoms with van der Waals surface area (Å²) in [6.45, 7) is 0. The van der Waals surface area contributed by atoms with E-state index in [1.807, 2.05) is 0 Å². The number of nitrogens with zero attached hydrogens (tertiary/aromatic N) is 1. The van der Waals surface area contributed by atoms with Crippen LogP contribution in [0.5, 0.6) is 5.75 Å². The largest absolute Gasteiger partial charge is 0.497 e. The minimum absolute atomic E-state index is 0.0763. The highest BCUT2D eigenvalue weighted by atomic mass is 32.1. The number of hydrogen-bond donors (Lipinski definition) is 2. The van der Waals surface area contributed by atoms with Crippen molar-refractivity contribution in [1.82, 2.24) is 0 Å². The molecule has 2 N–H and O–H groups in total. The third-order valence-electron chi connectivity index (χ3n) is 2.86. The van der Waals surface area contributed by atoms with E-state index in [2.05, 4.69) is 5.32 Å². The molecule has 0 saturated heterocycles. The van der Waals surface area contributed by atoms with Gasteiger partial charge in [0.05, 0.1) is 12.7 Å². The maximum absolute atomic E-state index is 12.2. The Kier molecular flexibility index (Phi) is 4.44. The molecule has 0 radical (unpaired) electrons. The number of rotatable bonds is 4. The van der Waals surface area contributed by atoms with Crippen molar-refractivity contribution in [2.24, 2.45) is 0 Å².